The summed E-state index contributed by atoms with van der Waals surface area (Å²) in [5, 5.41) is 0. The zero-order valence-electron chi connectivity index (χ0n) is 15.5. The molecule has 0 bridgehead atoms. The van der Waals surface area contributed by atoms with Crippen LogP contribution in [0.3, 0.4) is 0 Å². The molecule has 2 amide bonds. The number of rotatable bonds is 2. The van der Waals surface area contributed by atoms with Crippen LogP contribution in [0.25, 0.3) is 0 Å². The average molecular weight is 425 g/mol. The van der Waals surface area contributed by atoms with Gasteiger partial charge in [0.05, 0.1) is 5.69 Å². The number of carbonyl (C=O) groups is 2. The Morgan fingerprint density at radius 1 is 1.31 bits per heavy atom. The molecule has 1 fully saturated rings. The third kappa shape index (κ3) is 4.50. The minimum Gasteiger partial charge on any atom is -0.482 e. The van der Waals surface area contributed by atoms with Crippen molar-refractivity contribution in [2.75, 3.05) is 31.1 Å². The summed E-state index contributed by atoms with van der Waals surface area (Å²) in [6.45, 7) is 7.65. The standard InChI is InChI=1S/C19H25BrN2O4/c1-19(2,3)26-18(24)21-8-6-13(7-9-21)11-22-15-10-14(20)4-5-16(15)25-12-17(22)23/h4-5,10,13H,6-9,11-12H2,1-3H3. The second-order valence-electron chi connectivity index (χ2n) is 7.82. The summed E-state index contributed by atoms with van der Waals surface area (Å²) in [4.78, 5) is 28.1. The van der Waals surface area contributed by atoms with Gasteiger partial charge in [0.2, 0.25) is 0 Å². The third-order valence-electron chi connectivity index (χ3n) is 4.57. The number of piperidine rings is 1. The fourth-order valence-electron chi connectivity index (χ4n) is 3.26. The van der Waals surface area contributed by atoms with Gasteiger partial charge in [0.15, 0.2) is 6.61 Å². The number of anilines is 1. The van der Waals surface area contributed by atoms with E-state index in [4.69, 9.17) is 9.47 Å². The van der Waals surface area contributed by atoms with Crippen LogP contribution in [0.4, 0.5) is 10.5 Å². The molecule has 6 nitrogen and oxygen atoms in total. The van der Waals surface area contributed by atoms with Crippen LogP contribution in [-0.2, 0) is 9.53 Å². The van der Waals surface area contributed by atoms with Crippen molar-refractivity contribution in [2.45, 2.75) is 39.2 Å². The molecule has 1 aromatic rings. The quantitative estimate of drug-likeness (QED) is 0.723. The molecule has 2 aliphatic rings. The molecule has 26 heavy (non-hydrogen) atoms. The van der Waals surface area contributed by atoms with Gasteiger partial charge in [-0.2, -0.15) is 0 Å². The van der Waals surface area contributed by atoms with Crippen LogP contribution in [0.2, 0.25) is 0 Å². The second-order valence-corrected chi connectivity index (χ2v) is 8.73. The summed E-state index contributed by atoms with van der Waals surface area (Å²) in [6, 6.07) is 5.71. The van der Waals surface area contributed by atoms with E-state index in [0.29, 0.717) is 25.6 Å². The van der Waals surface area contributed by atoms with Crippen LogP contribution in [0.5, 0.6) is 5.75 Å². The molecule has 142 valence electrons. The normalized spacial score (nSPS) is 18.4. The minimum absolute atomic E-state index is 0.0230. The van der Waals surface area contributed by atoms with E-state index in [-0.39, 0.29) is 18.6 Å². The van der Waals surface area contributed by atoms with Gasteiger partial charge in [0, 0.05) is 24.1 Å². The first-order chi connectivity index (χ1) is 12.2. The maximum atomic E-state index is 12.4. The van der Waals surface area contributed by atoms with Gasteiger partial charge in [0.25, 0.3) is 5.91 Å². The number of hydrogen-bond donors (Lipinski definition) is 0. The predicted octanol–water partition coefficient (Wildman–Crippen LogP) is 3.82. The first-order valence-electron chi connectivity index (χ1n) is 8.93. The van der Waals surface area contributed by atoms with Crippen LogP contribution in [0.1, 0.15) is 33.6 Å². The molecule has 3 rings (SSSR count). The second kappa shape index (κ2) is 7.47. The SMILES string of the molecule is CC(C)(C)OC(=O)N1CCC(CN2C(=O)COc3ccc(Br)cc32)CC1. The van der Waals surface area contributed by atoms with Crippen LogP contribution in [-0.4, -0.2) is 48.7 Å². The highest BCUT2D eigenvalue weighted by molar-refractivity contribution is 9.10. The number of hydrogen-bond acceptors (Lipinski definition) is 4. The van der Waals surface area contributed by atoms with Gasteiger partial charge in [0.1, 0.15) is 11.4 Å². The number of ether oxygens (including phenoxy) is 2. The highest BCUT2D eigenvalue weighted by atomic mass is 79.9. The molecular formula is C19H25BrN2O4. The lowest BCUT2D eigenvalue weighted by atomic mass is 9.96. The summed E-state index contributed by atoms with van der Waals surface area (Å²) in [5.41, 5.74) is 0.329. The number of carbonyl (C=O) groups excluding carboxylic acids is 2. The van der Waals surface area contributed by atoms with Crippen molar-refractivity contribution < 1.29 is 19.1 Å². The fraction of sp³-hybridized carbons (Fsp3) is 0.579. The van der Waals surface area contributed by atoms with Crippen LogP contribution in [0, 0.1) is 5.92 Å². The van der Waals surface area contributed by atoms with Gasteiger partial charge < -0.3 is 19.3 Å². The van der Waals surface area contributed by atoms with E-state index in [0.717, 1.165) is 28.8 Å². The summed E-state index contributed by atoms with van der Waals surface area (Å²) in [6.07, 6.45) is 1.45. The van der Waals surface area contributed by atoms with E-state index in [1.807, 2.05) is 43.9 Å². The Kier molecular flexibility index (Phi) is 5.46. The molecule has 1 saturated heterocycles. The van der Waals surface area contributed by atoms with E-state index >= 15 is 0 Å². The van der Waals surface area contributed by atoms with Crippen LogP contribution in [0.15, 0.2) is 22.7 Å². The highest BCUT2D eigenvalue weighted by Crippen LogP contribution is 2.35. The van der Waals surface area contributed by atoms with E-state index < -0.39 is 5.60 Å². The van der Waals surface area contributed by atoms with Gasteiger partial charge in [-0.1, -0.05) is 15.9 Å². The van der Waals surface area contributed by atoms with Gasteiger partial charge in [-0.3, -0.25) is 4.79 Å². The lowest BCUT2D eigenvalue weighted by Crippen LogP contribution is -2.46. The highest BCUT2D eigenvalue weighted by Gasteiger charge is 2.31. The molecule has 1 aromatic carbocycles. The Labute approximate surface area is 162 Å². The van der Waals surface area contributed by atoms with Crippen molar-refractivity contribution in [3.63, 3.8) is 0 Å². The molecule has 0 unspecified atom stereocenters. The smallest absolute Gasteiger partial charge is 0.410 e. The first kappa shape index (κ1) is 19.0. The van der Waals surface area contributed by atoms with E-state index in [9.17, 15) is 9.59 Å². The summed E-state index contributed by atoms with van der Waals surface area (Å²) >= 11 is 3.46. The van der Waals surface area contributed by atoms with E-state index in [1.54, 1.807) is 4.90 Å². The van der Waals surface area contributed by atoms with Crippen molar-refractivity contribution in [3.8, 4) is 5.75 Å². The van der Waals surface area contributed by atoms with Gasteiger partial charge in [-0.15, -0.1) is 0 Å². The lowest BCUT2D eigenvalue weighted by Gasteiger charge is -2.37. The number of nitrogens with zero attached hydrogens (tertiary/aromatic N) is 2. The lowest BCUT2D eigenvalue weighted by molar-refractivity contribution is -0.121. The predicted molar refractivity (Wildman–Crippen MR) is 103 cm³/mol. The molecule has 0 radical (unpaired) electrons. The Morgan fingerprint density at radius 3 is 2.65 bits per heavy atom. The van der Waals surface area contributed by atoms with Crippen LogP contribution >= 0.6 is 15.9 Å². The minimum atomic E-state index is -0.481. The molecule has 7 heteroatoms. The van der Waals surface area contributed by atoms with Crippen molar-refractivity contribution in [3.05, 3.63) is 22.7 Å². The maximum Gasteiger partial charge on any atom is 0.410 e. The van der Waals surface area contributed by atoms with Crippen molar-refractivity contribution in [2.24, 2.45) is 5.92 Å². The zero-order valence-corrected chi connectivity index (χ0v) is 17.0. The molecule has 0 saturated carbocycles. The largest absolute Gasteiger partial charge is 0.482 e. The Bertz CT molecular complexity index is 693. The topological polar surface area (TPSA) is 59.1 Å². The van der Waals surface area contributed by atoms with Crippen molar-refractivity contribution >= 4 is 33.6 Å². The monoisotopic (exact) mass is 424 g/mol. The van der Waals surface area contributed by atoms with Crippen molar-refractivity contribution in [1.29, 1.82) is 0 Å². The molecule has 0 spiro atoms. The number of likely N-dealkylation sites (tertiary alicyclic amines) is 1. The number of halogens is 1. The molecule has 0 N–H and O–H groups in total. The van der Waals surface area contributed by atoms with Crippen LogP contribution < -0.4 is 9.64 Å². The van der Waals surface area contributed by atoms with E-state index in [2.05, 4.69) is 15.9 Å². The zero-order chi connectivity index (χ0) is 18.9. The number of fused-ring (bicyclic) bond motifs is 1. The average Bonchev–Trinajstić information content (AvgIpc) is 2.56. The Morgan fingerprint density at radius 2 is 2.00 bits per heavy atom. The summed E-state index contributed by atoms with van der Waals surface area (Å²) < 4.78 is 11.9. The summed E-state index contributed by atoms with van der Waals surface area (Å²) in [5.74, 6) is 1.06. The first-order valence-corrected chi connectivity index (χ1v) is 9.73. The molecule has 0 atom stereocenters. The number of benzene rings is 1. The van der Waals surface area contributed by atoms with Gasteiger partial charge in [-0.05, 0) is 57.7 Å². The fourth-order valence-corrected chi connectivity index (χ4v) is 3.61. The van der Waals surface area contributed by atoms with E-state index in [1.165, 1.54) is 0 Å². The molecule has 2 heterocycles. The molecule has 0 aromatic heterocycles. The number of amides is 2. The Balaban J connectivity index is 1.61. The maximum absolute atomic E-state index is 12.4. The van der Waals surface area contributed by atoms with Gasteiger partial charge in [-0.25, -0.2) is 4.79 Å². The molecular weight excluding hydrogens is 400 g/mol. The Hall–Kier alpha value is -1.76. The third-order valence-corrected chi connectivity index (χ3v) is 5.06. The molecule has 2 aliphatic heterocycles. The summed E-state index contributed by atoms with van der Waals surface area (Å²) in [7, 11) is 0. The van der Waals surface area contributed by atoms with Crippen molar-refractivity contribution in [1.82, 2.24) is 4.90 Å². The molecule has 0 aliphatic carbocycles. The van der Waals surface area contributed by atoms with Gasteiger partial charge >= 0.3 is 6.09 Å².